The predicted octanol–water partition coefficient (Wildman–Crippen LogP) is 3.16. The van der Waals surface area contributed by atoms with Gasteiger partial charge in [0.15, 0.2) is 0 Å². The molecule has 2 heterocycles. The lowest BCUT2D eigenvalue weighted by Gasteiger charge is -2.38. The number of hydrogen-bond donors (Lipinski definition) is 1. The molecular formula is C18H25N3O3. The summed E-state index contributed by atoms with van der Waals surface area (Å²) in [7, 11) is 2.01. The van der Waals surface area contributed by atoms with Crippen LogP contribution in [0, 0.1) is 0 Å². The highest BCUT2D eigenvalue weighted by Crippen LogP contribution is 2.28. The molecule has 1 atom stereocenters. The molecule has 130 valence electrons. The quantitative estimate of drug-likeness (QED) is 0.872. The van der Waals surface area contributed by atoms with Crippen molar-refractivity contribution >= 4 is 17.0 Å². The topological polar surface area (TPSA) is 57.9 Å². The maximum Gasteiger partial charge on any atom is 0.410 e. The van der Waals surface area contributed by atoms with E-state index in [2.05, 4.69) is 16.7 Å². The zero-order chi connectivity index (χ0) is 17.5. The van der Waals surface area contributed by atoms with Crippen molar-refractivity contribution in [1.82, 2.24) is 14.5 Å². The minimum atomic E-state index is -0.522. The maximum atomic E-state index is 12.3. The van der Waals surface area contributed by atoms with Gasteiger partial charge in [0.1, 0.15) is 5.60 Å². The van der Waals surface area contributed by atoms with Gasteiger partial charge in [-0.05, 0) is 49.9 Å². The van der Waals surface area contributed by atoms with E-state index in [-0.39, 0.29) is 12.1 Å². The molecule has 1 amide bonds. The molecule has 1 aliphatic rings. The third-order valence-corrected chi connectivity index (χ3v) is 4.30. The summed E-state index contributed by atoms with van der Waals surface area (Å²) in [6.07, 6.45) is 1.68. The SMILES string of the molecule is Cn1ccc2cc(C3CN(C(=O)OC(C)(C)C)CCN3O)ccc21. The molecule has 1 fully saturated rings. The highest BCUT2D eigenvalue weighted by molar-refractivity contribution is 5.81. The van der Waals surface area contributed by atoms with Crippen LogP contribution in [0.25, 0.3) is 10.9 Å². The van der Waals surface area contributed by atoms with Gasteiger partial charge in [0, 0.05) is 38.4 Å². The molecule has 0 saturated carbocycles. The second-order valence-corrected chi connectivity index (χ2v) is 7.35. The molecule has 3 rings (SSSR count). The van der Waals surface area contributed by atoms with Crippen molar-refractivity contribution in [3.05, 3.63) is 36.0 Å². The Kier molecular flexibility index (Phi) is 4.27. The lowest BCUT2D eigenvalue weighted by atomic mass is 10.0. The number of piperazine rings is 1. The van der Waals surface area contributed by atoms with Crippen LogP contribution in [-0.4, -0.2) is 51.1 Å². The Labute approximate surface area is 142 Å². The number of nitrogens with zero attached hydrogens (tertiary/aromatic N) is 3. The van der Waals surface area contributed by atoms with Crippen molar-refractivity contribution in [2.75, 3.05) is 19.6 Å². The fraction of sp³-hybridized carbons (Fsp3) is 0.500. The van der Waals surface area contributed by atoms with E-state index in [0.29, 0.717) is 19.6 Å². The first-order valence-corrected chi connectivity index (χ1v) is 8.23. The highest BCUT2D eigenvalue weighted by atomic mass is 16.6. The number of benzene rings is 1. The van der Waals surface area contributed by atoms with Gasteiger partial charge < -0.3 is 19.4 Å². The minimum absolute atomic E-state index is 0.254. The average molecular weight is 331 g/mol. The van der Waals surface area contributed by atoms with Crippen molar-refractivity contribution in [2.24, 2.45) is 7.05 Å². The van der Waals surface area contributed by atoms with Crippen LogP contribution in [0.3, 0.4) is 0 Å². The molecule has 1 unspecified atom stereocenters. The van der Waals surface area contributed by atoms with Gasteiger partial charge in [0.25, 0.3) is 0 Å². The number of carbonyl (C=O) groups is 1. The fourth-order valence-corrected chi connectivity index (χ4v) is 3.05. The minimum Gasteiger partial charge on any atom is -0.444 e. The summed E-state index contributed by atoms with van der Waals surface area (Å²) in [5.41, 5.74) is 1.61. The van der Waals surface area contributed by atoms with Crippen molar-refractivity contribution in [3.8, 4) is 0 Å². The van der Waals surface area contributed by atoms with E-state index in [4.69, 9.17) is 4.74 Å². The van der Waals surface area contributed by atoms with Gasteiger partial charge in [-0.2, -0.15) is 5.06 Å². The van der Waals surface area contributed by atoms with Gasteiger partial charge in [-0.3, -0.25) is 0 Å². The van der Waals surface area contributed by atoms with Crippen molar-refractivity contribution in [1.29, 1.82) is 0 Å². The standard InChI is InChI=1S/C18H25N3O3/c1-18(2,3)24-17(22)20-9-10-21(23)16(12-20)13-5-6-15-14(11-13)7-8-19(15)4/h5-8,11,16,23H,9-10,12H2,1-4H3. The Morgan fingerprint density at radius 1 is 1.25 bits per heavy atom. The molecule has 0 radical (unpaired) electrons. The Balaban J connectivity index is 1.81. The number of carbonyl (C=O) groups excluding carboxylic acids is 1. The van der Waals surface area contributed by atoms with E-state index in [1.807, 2.05) is 46.1 Å². The molecule has 1 aromatic heterocycles. The number of aryl methyl sites for hydroxylation is 1. The molecule has 0 spiro atoms. The molecular weight excluding hydrogens is 306 g/mol. The van der Waals surface area contributed by atoms with Crippen LogP contribution in [0.4, 0.5) is 4.79 Å². The number of rotatable bonds is 1. The van der Waals surface area contributed by atoms with Crippen LogP contribution >= 0.6 is 0 Å². The second-order valence-electron chi connectivity index (χ2n) is 7.35. The molecule has 1 aliphatic heterocycles. The molecule has 6 nitrogen and oxygen atoms in total. The van der Waals surface area contributed by atoms with Crippen molar-refractivity contribution in [2.45, 2.75) is 32.4 Å². The number of amides is 1. The predicted molar refractivity (Wildman–Crippen MR) is 92.0 cm³/mol. The fourth-order valence-electron chi connectivity index (χ4n) is 3.05. The third kappa shape index (κ3) is 3.39. The Bertz CT molecular complexity index is 748. The van der Waals surface area contributed by atoms with E-state index < -0.39 is 5.60 Å². The van der Waals surface area contributed by atoms with E-state index in [1.165, 1.54) is 5.06 Å². The highest BCUT2D eigenvalue weighted by Gasteiger charge is 2.32. The monoisotopic (exact) mass is 331 g/mol. The number of aromatic nitrogens is 1. The van der Waals surface area contributed by atoms with Gasteiger partial charge in [0.05, 0.1) is 6.04 Å². The van der Waals surface area contributed by atoms with Crippen molar-refractivity contribution < 1.29 is 14.7 Å². The molecule has 2 aromatic rings. The summed E-state index contributed by atoms with van der Waals surface area (Å²) in [4.78, 5) is 14.0. The van der Waals surface area contributed by atoms with Crippen LogP contribution in [0.5, 0.6) is 0 Å². The molecule has 1 aromatic carbocycles. The molecule has 0 aliphatic carbocycles. The summed E-state index contributed by atoms with van der Waals surface area (Å²) in [5, 5.41) is 12.7. The summed E-state index contributed by atoms with van der Waals surface area (Å²) >= 11 is 0. The van der Waals surface area contributed by atoms with E-state index in [9.17, 15) is 10.0 Å². The lowest BCUT2D eigenvalue weighted by Crippen LogP contribution is -2.50. The van der Waals surface area contributed by atoms with Crippen LogP contribution < -0.4 is 0 Å². The lowest BCUT2D eigenvalue weighted by molar-refractivity contribution is -0.155. The zero-order valence-corrected chi connectivity index (χ0v) is 14.7. The Morgan fingerprint density at radius 3 is 2.71 bits per heavy atom. The summed E-state index contributed by atoms with van der Waals surface area (Å²) in [6, 6.07) is 7.92. The summed E-state index contributed by atoms with van der Waals surface area (Å²) < 4.78 is 7.51. The number of fused-ring (bicyclic) bond motifs is 1. The molecule has 0 bridgehead atoms. The van der Waals surface area contributed by atoms with Crippen LogP contribution in [0.2, 0.25) is 0 Å². The number of ether oxygens (including phenoxy) is 1. The van der Waals surface area contributed by atoms with Gasteiger partial charge >= 0.3 is 6.09 Å². The molecule has 24 heavy (non-hydrogen) atoms. The molecule has 6 heteroatoms. The zero-order valence-electron chi connectivity index (χ0n) is 14.7. The maximum absolute atomic E-state index is 12.3. The van der Waals surface area contributed by atoms with Crippen LogP contribution in [-0.2, 0) is 11.8 Å². The van der Waals surface area contributed by atoms with Crippen LogP contribution in [0.1, 0.15) is 32.4 Å². The normalized spacial score (nSPS) is 19.7. The summed E-state index contributed by atoms with van der Waals surface area (Å²) in [5.74, 6) is 0. The van der Waals surface area contributed by atoms with E-state index >= 15 is 0 Å². The largest absolute Gasteiger partial charge is 0.444 e. The van der Waals surface area contributed by atoms with Gasteiger partial charge in [-0.25, -0.2) is 4.79 Å². The Hall–Kier alpha value is -2.05. The number of hydrogen-bond acceptors (Lipinski definition) is 4. The second kappa shape index (κ2) is 6.11. The average Bonchev–Trinajstić information content (AvgIpc) is 2.87. The molecule has 1 saturated heterocycles. The van der Waals surface area contributed by atoms with Crippen molar-refractivity contribution in [3.63, 3.8) is 0 Å². The van der Waals surface area contributed by atoms with E-state index in [1.54, 1.807) is 4.90 Å². The van der Waals surface area contributed by atoms with Gasteiger partial charge in [-0.15, -0.1) is 0 Å². The summed E-state index contributed by atoms with van der Waals surface area (Å²) in [6.45, 7) is 6.83. The van der Waals surface area contributed by atoms with Gasteiger partial charge in [0.2, 0.25) is 0 Å². The first-order chi connectivity index (χ1) is 11.2. The van der Waals surface area contributed by atoms with Crippen LogP contribution in [0.15, 0.2) is 30.5 Å². The third-order valence-electron chi connectivity index (χ3n) is 4.30. The molecule has 1 N–H and O–H groups in total. The first-order valence-electron chi connectivity index (χ1n) is 8.23. The van der Waals surface area contributed by atoms with E-state index in [0.717, 1.165) is 16.5 Å². The van der Waals surface area contributed by atoms with Gasteiger partial charge in [-0.1, -0.05) is 6.07 Å². The number of hydroxylamine groups is 2. The first kappa shape index (κ1) is 16.8. The Morgan fingerprint density at radius 2 is 2.00 bits per heavy atom. The smallest absolute Gasteiger partial charge is 0.410 e.